The van der Waals surface area contributed by atoms with Gasteiger partial charge in [-0.3, -0.25) is 4.90 Å². The fourth-order valence-electron chi connectivity index (χ4n) is 4.08. The maximum atomic E-state index is 6.31. The highest BCUT2D eigenvalue weighted by atomic mass is 35.5. The fourth-order valence-corrected chi connectivity index (χ4v) is 4.34. The van der Waals surface area contributed by atoms with Crippen LogP contribution in [0.2, 0.25) is 5.02 Å². The molecule has 0 saturated carbocycles. The lowest BCUT2D eigenvalue weighted by Gasteiger charge is -2.32. The van der Waals surface area contributed by atoms with Crippen molar-refractivity contribution in [3.8, 4) is 5.75 Å². The number of benzene rings is 2. The van der Waals surface area contributed by atoms with Crippen LogP contribution in [0.5, 0.6) is 5.75 Å². The van der Waals surface area contributed by atoms with E-state index in [9.17, 15) is 0 Å². The number of fused-ring (bicyclic) bond motifs is 2. The Hall–Kier alpha value is -2.08. The summed E-state index contributed by atoms with van der Waals surface area (Å²) in [5.74, 6) is 2.08. The smallest absolute Gasteiger partial charge is 0.199 e. The highest BCUT2D eigenvalue weighted by molar-refractivity contribution is 6.30. The third-order valence-corrected chi connectivity index (χ3v) is 5.53. The minimum Gasteiger partial charge on any atom is -0.467 e. The first-order valence-electron chi connectivity index (χ1n) is 9.36. The van der Waals surface area contributed by atoms with E-state index < -0.39 is 0 Å². The van der Waals surface area contributed by atoms with E-state index in [1.54, 1.807) is 0 Å². The molecule has 1 saturated heterocycles. The number of nitrogens with zero attached hydrogens (tertiary/aromatic N) is 2. The maximum absolute atomic E-state index is 6.31. The topological polar surface area (TPSA) is 47.7 Å². The second kappa shape index (κ2) is 7.15. The summed E-state index contributed by atoms with van der Waals surface area (Å²) in [5, 5.41) is 0.727. The normalized spacial score (nSPS) is 20.4. The molecule has 2 aromatic carbocycles. The van der Waals surface area contributed by atoms with Gasteiger partial charge in [-0.15, -0.1) is 0 Å². The third-order valence-electron chi connectivity index (χ3n) is 5.31. The minimum atomic E-state index is 0.299. The van der Waals surface area contributed by atoms with Gasteiger partial charge in [0, 0.05) is 35.2 Å². The van der Waals surface area contributed by atoms with Gasteiger partial charge in [0.05, 0.1) is 6.61 Å². The van der Waals surface area contributed by atoms with Crippen molar-refractivity contribution in [3.63, 3.8) is 0 Å². The van der Waals surface area contributed by atoms with E-state index in [2.05, 4.69) is 4.90 Å². The molecular formula is C21H21ClN2O3. The van der Waals surface area contributed by atoms with Crippen molar-refractivity contribution in [3.05, 3.63) is 58.4 Å². The molecule has 0 bridgehead atoms. The molecule has 2 aliphatic rings. The third kappa shape index (κ3) is 3.43. The average molecular weight is 385 g/mol. The first-order valence-corrected chi connectivity index (χ1v) is 9.74. The van der Waals surface area contributed by atoms with Crippen molar-refractivity contribution in [1.82, 2.24) is 9.88 Å². The van der Waals surface area contributed by atoms with Crippen LogP contribution in [0.4, 0.5) is 0 Å². The number of halogens is 1. The Morgan fingerprint density at radius 2 is 2.15 bits per heavy atom. The van der Waals surface area contributed by atoms with Crippen LogP contribution in [-0.2, 0) is 17.9 Å². The molecule has 6 heteroatoms. The number of hydrogen-bond acceptors (Lipinski definition) is 5. The predicted octanol–water partition coefficient (Wildman–Crippen LogP) is 4.73. The maximum Gasteiger partial charge on any atom is 0.199 e. The zero-order valence-corrected chi connectivity index (χ0v) is 15.7. The second-order valence-corrected chi connectivity index (χ2v) is 7.69. The van der Waals surface area contributed by atoms with Gasteiger partial charge in [-0.25, -0.2) is 4.98 Å². The van der Waals surface area contributed by atoms with E-state index in [0.29, 0.717) is 19.3 Å². The van der Waals surface area contributed by atoms with Crippen LogP contribution in [0.3, 0.4) is 0 Å². The Bertz CT molecular complexity index is 938. The molecule has 0 aliphatic carbocycles. The number of rotatable bonds is 3. The molecule has 3 aromatic rings. The number of piperidine rings is 1. The van der Waals surface area contributed by atoms with Crippen molar-refractivity contribution < 1.29 is 13.9 Å². The molecule has 140 valence electrons. The molecule has 5 nitrogen and oxygen atoms in total. The molecule has 1 unspecified atom stereocenters. The average Bonchev–Trinajstić information content (AvgIpc) is 3.12. The fraction of sp³-hybridized carbons (Fsp3) is 0.381. The summed E-state index contributed by atoms with van der Waals surface area (Å²) in [6.45, 7) is 3.63. The molecule has 0 amide bonds. The molecular weight excluding hydrogens is 364 g/mol. The molecule has 1 atom stereocenters. The van der Waals surface area contributed by atoms with Crippen LogP contribution in [-0.4, -0.2) is 29.8 Å². The molecule has 5 rings (SSSR count). The van der Waals surface area contributed by atoms with Crippen molar-refractivity contribution in [2.45, 2.75) is 31.9 Å². The van der Waals surface area contributed by atoms with Gasteiger partial charge in [0.15, 0.2) is 18.3 Å². The second-order valence-electron chi connectivity index (χ2n) is 7.26. The van der Waals surface area contributed by atoms with Gasteiger partial charge in [0.25, 0.3) is 0 Å². The monoisotopic (exact) mass is 384 g/mol. The van der Waals surface area contributed by atoms with Crippen molar-refractivity contribution >= 4 is 22.7 Å². The van der Waals surface area contributed by atoms with Crippen LogP contribution < -0.4 is 4.74 Å². The summed E-state index contributed by atoms with van der Waals surface area (Å²) in [7, 11) is 0. The Kier molecular flexibility index (Phi) is 4.52. The Balaban J connectivity index is 1.36. The van der Waals surface area contributed by atoms with Gasteiger partial charge in [-0.1, -0.05) is 23.7 Å². The molecule has 2 aliphatic heterocycles. The Morgan fingerprint density at radius 1 is 1.22 bits per heavy atom. The highest BCUT2D eigenvalue weighted by Gasteiger charge is 2.27. The standard InChI is InChI=1S/C21H21ClN2O3/c22-17-8-15(20-16(9-17)12-25-13-26-20)11-24-7-3-4-14(10-24)21-23-18-5-1-2-6-19(18)27-21/h1-2,5-6,8-9,14H,3-4,7,10-13H2. The molecule has 0 spiro atoms. The molecule has 0 radical (unpaired) electrons. The van der Waals surface area contributed by atoms with Crippen LogP contribution >= 0.6 is 11.6 Å². The van der Waals surface area contributed by atoms with Gasteiger partial charge in [0.1, 0.15) is 11.3 Å². The van der Waals surface area contributed by atoms with Gasteiger partial charge in [0.2, 0.25) is 0 Å². The SMILES string of the molecule is Clc1cc2c(c(CN3CCCC(c4nc5ccccc5o4)C3)c1)OCOC2. The number of ether oxygens (including phenoxy) is 2. The van der Waals surface area contributed by atoms with E-state index in [4.69, 9.17) is 30.5 Å². The van der Waals surface area contributed by atoms with Crippen molar-refractivity contribution in [1.29, 1.82) is 0 Å². The number of aromatic nitrogens is 1. The number of hydrogen-bond donors (Lipinski definition) is 0. The van der Waals surface area contributed by atoms with E-state index in [1.165, 1.54) is 0 Å². The van der Waals surface area contributed by atoms with E-state index in [0.717, 1.165) is 71.4 Å². The van der Waals surface area contributed by atoms with Gasteiger partial charge in [-0.05, 0) is 43.7 Å². The lowest BCUT2D eigenvalue weighted by atomic mass is 9.97. The number of oxazole rings is 1. The van der Waals surface area contributed by atoms with Crippen LogP contribution in [0, 0.1) is 0 Å². The zero-order valence-electron chi connectivity index (χ0n) is 15.0. The largest absolute Gasteiger partial charge is 0.467 e. The van der Waals surface area contributed by atoms with Crippen LogP contribution in [0.15, 0.2) is 40.8 Å². The molecule has 3 heterocycles. The van der Waals surface area contributed by atoms with Crippen molar-refractivity contribution in [2.24, 2.45) is 0 Å². The minimum absolute atomic E-state index is 0.299. The van der Waals surface area contributed by atoms with E-state index in [1.807, 2.05) is 36.4 Å². The highest BCUT2D eigenvalue weighted by Crippen LogP contribution is 2.34. The number of likely N-dealkylation sites (tertiary alicyclic amines) is 1. The summed E-state index contributed by atoms with van der Waals surface area (Å²) in [6, 6.07) is 11.9. The summed E-state index contributed by atoms with van der Waals surface area (Å²) in [6.07, 6.45) is 2.22. The first kappa shape index (κ1) is 17.0. The van der Waals surface area contributed by atoms with Gasteiger partial charge >= 0.3 is 0 Å². The Labute approximate surface area is 162 Å². The Morgan fingerprint density at radius 3 is 3.07 bits per heavy atom. The summed E-state index contributed by atoms with van der Waals surface area (Å²) >= 11 is 6.31. The molecule has 0 N–H and O–H groups in total. The van der Waals surface area contributed by atoms with Gasteiger partial charge < -0.3 is 13.9 Å². The molecule has 1 fully saturated rings. The van der Waals surface area contributed by atoms with E-state index >= 15 is 0 Å². The summed E-state index contributed by atoms with van der Waals surface area (Å²) < 4.78 is 17.2. The summed E-state index contributed by atoms with van der Waals surface area (Å²) in [5.41, 5.74) is 3.94. The lowest BCUT2D eigenvalue weighted by Crippen LogP contribution is -2.34. The van der Waals surface area contributed by atoms with Crippen molar-refractivity contribution in [2.75, 3.05) is 19.9 Å². The summed E-state index contributed by atoms with van der Waals surface area (Å²) in [4.78, 5) is 7.14. The number of para-hydroxylation sites is 2. The quantitative estimate of drug-likeness (QED) is 0.653. The first-order chi connectivity index (χ1) is 13.3. The predicted molar refractivity (Wildman–Crippen MR) is 103 cm³/mol. The molecule has 27 heavy (non-hydrogen) atoms. The van der Waals surface area contributed by atoms with E-state index in [-0.39, 0.29) is 0 Å². The molecule has 1 aromatic heterocycles. The zero-order chi connectivity index (χ0) is 18.2. The van der Waals surface area contributed by atoms with Crippen LogP contribution in [0.25, 0.3) is 11.1 Å². The van der Waals surface area contributed by atoms with Gasteiger partial charge in [-0.2, -0.15) is 0 Å². The van der Waals surface area contributed by atoms with Crippen LogP contribution in [0.1, 0.15) is 35.8 Å². The lowest BCUT2D eigenvalue weighted by molar-refractivity contribution is -0.0175.